The lowest BCUT2D eigenvalue weighted by Gasteiger charge is -2.37. The summed E-state index contributed by atoms with van der Waals surface area (Å²) in [5, 5.41) is 0. The average Bonchev–Trinajstić information content (AvgIpc) is 3.04. The minimum absolute atomic E-state index is 0.0308. The zero-order valence-corrected chi connectivity index (χ0v) is 14.2. The summed E-state index contributed by atoms with van der Waals surface area (Å²) in [5.74, 6) is 0.370. The third kappa shape index (κ3) is 2.50. The smallest absolute Gasteiger partial charge is 0.323 e. The van der Waals surface area contributed by atoms with E-state index in [1.807, 2.05) is 17.9 Å². The number of rotatable bonds is 1. The van der Waals surface area contributed by atoms with Gasteiger partial charge >= 0.3 is 5.97 Å². The number of nitrogens with zero attached hydrogens (tertiary/aromatic N) is 3. The van der Waals surface area contributed by atoms with Gasteiger partial charge in [0.2, 0.25) is 0 Å². The molecule has 0 aliphatic carbocycles. The molecule has 4 rings (SSSR count). The number of amidine groups is 1. The van der Waals surface area contributed by atoms with Crippen LogP contribution in [0.25, 0.3) is 0 Å². The minimum atomic E-state index is -3.59. The molecule has 0 amide bonds. The van der Waals surface area contributed by atoms with Crippen molar-refractivity contribution in [1.29, 1.82) is 0 Å². The predicted octanol–water partition coefficient (Wildman–Crippen LogP) is 0.457. The first-order valence-corrected chi connectivity index (χ1v) is 9.53. The van der Waals surface area contributed by atoms with Crippen LogP contribution in [0.5, 0.6) is 0 Å². The van der Waals surface area contributed by atoms with E-state index in [0.29, 0.717) is 37.6 Å². The van der Waals surface area contributed by atoms with Crippen LogP contribution < -0.4 is 0 Å². The number of ether oxygens (including phenoxy) is 1. The first-order valence-electron chi connectivity index (χ1n) is 8.09. The van der Waals surface area contributed by atoms with E-state index < -0.39 is 10.0 Å². The van der Waals surface area contributed by atoms with Crippen LogP contribution in [0.1, 0.15) is 18.9 Å². The van der Waals surface area contributed by atoms with Crippen molar-refractivity contribution in [2.75, 3.05) is 26.2 Å². The summed E-state index contributed by atoms with van der Waals surface area (Å²) in [6, 6.07) is 6.74. The second-order valence-corrected chi connectivity index (χ2v) is 7.98. The van der Waals surface area contributed by atoms with Crippen molar-refractivity contribution in [3.8, 4) is 0 Å². The van der Waals surface area contributed by atoms with E-state index in [2.05, 4.69) is 9.30 Å². The van der Waals surface area contributed by atoms with Crippen LogP contribution in [-0.2, 0) is 19.6 Å². The summed E-state index contributed by atoms with van der Waals surface area (Å²) < 4.78 is 33.5. The number of benzene rings is 1. The first-order chi connectivity index (χ1) is 11.5. The topological polar surface area (TPSA) is 79.3 Å². The first kappa shape index (κ1) is 15.6. The SMILES string of the molecule is C[C@H]1C[C@@H](N2CCN(C3=NS(=O)(=O)c4ccccc43)CC2)C(=O)O1. The lowest BCUT2D eigenvalue weighted by Crippen LogP contribution is -2.53. The molecule has 0 unspecified atom stereocenters. The van der Waals surface area contributed by atoms with E-state index in [0.717, 1.165) is 6.42 Å². The highest BCUT2D eigenvalue weighted by molar-refractivity contribution is 7.90. The molecule has 1 aromatic carbocycles. The standard InChI is InChI=1S/C16H19N3O4S/c1-11-10-13(16(20)23-11)18-6-8-19(9-7-18)15-12-4-2-3-5-14(12)24(21,22)17-15/h2-5,11,13H,6-10H2,1H3/t11-,13+/m0/s1. The Morgan fingerprint density at radius 3 is 2.54 bits per heavy atom. The zero-order valence-electron chi connectivity index (χ0n) is 13.4. The number of fused-ring (bicyclic) bond motifs is 1. The highest BCUT2D eigenvalue weighted by Gasteiger charge is 2.39. The summed E-state index contributed by atoms with van der Waals surface area (Å²) in [6.45, 7) is 4.56. The van der Waals surface area contributed by atoms with Gasteiger partial charge in [-0.1, -0.05) is 12.1 Å². The molecule has 3 heterocycles. The zero-order chi connectivity index (χ0) is 16.9. The fourth-order valence-corrected chi connectivity index (χ4v) is 4.82. The van der Waals surface area contributed by atoms with Crippen LogP contribution in [0.15, 0.2) is 33.6 Å². The fourth-order valence-electron chi connectivity index (χ4n) is 3.60. The van der Waals surface area contributed by atoms with Gasteiger partial charge in [0.15, 0.2) is 5.84 Å². The van der Waals surface area contributed by atoms with E-state index in [4.69, 9.17) is 4.74 Å². The third-order valence-electron chi connectivity index (χ3n) is 4.81. The Morgan fingerprint density at radius 2 is 1.88 bits per heavy atom. The van der Waals surface area contributed by atoms with Gasteiger partial charge in [0.05, 0.1) is 0 Å². The molecule has 0 N–H and O–H groups in total. The molecule has 0 spiro atoms. The average molecular weight is 349 g/mol. The molecule has 0 saturated carbocycles. The number of carbonyl (C=O) groups is 1. The van der Waals surface area contributed by atoms with Gasteiger partial charge in [-0.25, -0.2) is 0 Å². The van der Waals surface area contributed by atoms with Crippen molar-refractivity contribution in [2.45, 2.75) is 30.4 Å². The quantitative estimate of drug-likeness (QED) is 0.685. The monoisotopic (exact) mass is 349 g/mol. The Kier molecular flexibility index (Phi) is 3.61. The predicted molar refractivity (Wildman–Crippen MR) is 87.3 cm³/mol. The largest absolute Gasteiger partial charge is 0.461 e. The highest BCUT2D eigenvalue weighted by atomic mass is 32.2. The maximum Gasteiger partial charge on any atom is 0.323 e. The summed E-state index contributed by atoms with van der Waals surface area (Å²) in [4.78, 5) is 16.3. The van der Waals surface area contributed by atoms with E-state index >= 15 is 0 Å². The molecule has 24 heavy (non-hydrogen) atoms. The number of hydrogen-bond donors (Lipinski definition) is 0. The number of piperazine rings is 1. The number of sulfonamides is 1. The summed E-state index contributed by atoms with van der Waals surface area (Å²) in [5.41, 5.74) is 0.667. The van der Waals surface area contributed by atoms with Gasteiger partial charge in [-0.15, -0.1) is 4.40 Å². The molecule has 128 valence electrons. The second-order valence-electron chi connectivity index (χ2n) is 6.41. The van der Waals surface area contributed by atoms with Crippen LogP contribution in [0.3, 0.4) is 0 Å². The minimum Gasteiger partial charge on any atom is -0.461 e. The van der Waals surface area contributed by atoms with Crippen molar-refractivity contribution in [1.82, 2.24) is 9.80 Å². The van der Waals surface area contributed by atoms with Gasteiger partial charge in [0.1, 0.15) is 17.0 Å². The van der Waals surface area contributed by atoms with Crippen LogP contribution in [0.4, 0.5) is 0 Å². The van der Waals surface area contributed by atoms with Crippen LogP contribution in [0.2, 0.25) is 0 Å². The van der Waals surface area contributed by atoms with Crippen molar-refractivity contribution < 1.29 is 17.9 Å². The van der Waals surface area contributed by atoms with Crippen LogP contribution >= 0.6 is 0 Å². The second kappa shape index (κ2) is 5.56. The van der Waals surface area contributed by atoms with Crippen molar-refractivity contribution in [2.24, 2.45) is 4.40 Å². The maximum atomic E-state index is 12.2. The maximum absolute atomic E-state index is 12.2. The van der Waals surface area contributed by atoms with Crippen molar-refractivity contribution in [3.63, 3.8) is 0 Å². The van der Waals surface area contributed by atoms with Gasteiger partial charge < -0.3 is 9.64 Å². The lowest BCUT2D eigenvalue weighted by molar-refractivity contribution is -0.145. The molecule has 0 radical (unpaired) electrons. The van der Waals surface area contributed by atoms with Gasteiger partial charge in [-0.05, 0) is 19.1 Å². The molecule has 2 saturated heterocycles. The molecule has 0 bridgehead atoms. The molecule has 0 aromatic heterocycles. The molecular weight excluding hydrogens is 330 g/mol. The Labute approximate surface area is 141 Å². The Bertz CT molecular complexity index is 812. The van der Waals surface area contributed by atoms with Gasteiger partial charge in [0.25, 0.3) is 10.0 Å². The Morgan fingerprint density at radius 1 is 1.17 bits per heavy atom. The molecule has 3 aliphatic rings. The molecule has 2 atom stereocenters. The molecule has 1 aromatic rings. The summed E-state index contributed by atoms with van der Waals surface area (Å²) in [6.07, 6.45) is 0.688. The van der Waals surface area contributed by atoms with Crippen molar-refractivity contribution in [3.05, 3.63) is 29.8 Å². The molecule has 3 aliphatic heterocycles. The lowest BCUT2D eigenvalue weighted by atomic mass is 10.1. The fraction of sp³-hybridized carbons (Fsp3) is 0.500. The molecule has 8 heteroatoms. The molecule has 2 fully saturated rings. The van der Waals surface area contributed by atoms with E-state index in [-0.39, 0.29) is 23.0 Å². The number of hydrogen-bond acceptors (Lipinski definition) is 6. The molecule has 7 nitrogen and oxygen atoms in total. The van der Waals surface area contributed by atoms with E-state index in [1.165, 1.54) is 0 Å². The van der Waals surface area contributed by atoms with E-state index in [9.17, 15) is 13.2 Å². The van der Waals surface area contributed by atoms with E-state index in [1.54, 1.807) is 18.2 Å². The Balaban J connectivity index is 1.50. The number of esters is 1. The van der Waals surface area contributed by atoms with Gasteiger partial charge in [-0.2, -0.15) is 8.42 Å². The Hall–Kier alpha value is -1.93. The third-order valence-corrected chi connectivity index (χ3v) is 6.14. The summed E-state index contributed by atoms with van der Waals surface area (Å²) >= 11 is 0. The van der Waals surface area contributed by atoms with Gasteiger partial charge in [0, 0.05) is 38.2 Å². The van der Waals surface area contributed by atoms with Gasteiger partial charge in [-0.3, -0.25) is 9.69 Å². The van der Waals surface area contributed by atoms with Crippen molar-refractivity contribution >= 4 is 21.8 Å². The van der Waals surface area contributed by atoms with Crippen LogP contribution in [0, 0.1) is 0 Å². The normalized spacial score (nSPS) is 29.3. The number of carbonyl (C=O) groups excluding carboxylic acids is 1. The van der Waals surface area contributed by atoms with Crippen LogP contribution in [-0.4, -0.2) is 68.3 Å². The number of cyclic esters (lactones) is 1. The summed E-state index contributed by atoms with van der Waals surface area (Å²) in [7, 11) is -3.59. The molecular formula is C16H19N3O4S. The highest BCUT2D eigenvalue weighted by Crippen LogP contribution is 2.28.